The molecule has 1 fully saturated rings. The summed E-state index contributed by atoms with van der Waals surface area (Å²) in [7, 11) is 0. The number of carboxylic acid groups (broad SMARTS) is 1. The van der Waals surface area contributed by atoms with E-state index >= 15 is 0 Å². The Balaban J connectivity index is 1.53. The van der Waals surface area contributed by atoms with Crippen LogP contribution in [0.5, 0.6) is 5.75 Å². The third kappa shape index (κ3) is 4.25. The summed E-state index contributed by atoms with van der Waals surface area (Å²) in [6.45, 7) is 3.11. The molecule has 1 aromatic heterocycles. The third-order valence-electron chi connectivity index (χ3n) is 4.30. The van der Waals surface area contributed by atoms with Gasteiger partial charge >= 0.3 is 6.09 Å². The largest absolute Gasteiger partial charge is 0.490 e. The zero-order valence-electron chi connectivity index (χ0n) is 13.8. The van der Waals surface area contributed by atoms with Crippen molar-refractivity contribution < 1.29 is 14.6 Å². The predicted octanol–water partition coefficient (Wildman–Crippen LogP) is 3.50. The number of likely N-dealkylation sites (tertiary alicyclic amines) is 1. The lowest BCUT2D eigenvalue weighted by Crippen LogP contribution is -2.41. The van der Waals surface area contributed by atoms with E-state index in [2.05, 4.69) is 29.2 Å². The van der Waals surface area contributed by atoms with Crippen LogP contribution in [0.4, 0.5) is 4.79 Å². The van der Waals surface area contributed by atoms with E-state index < -0.39 is 6.09 Å². The van der Waals surface area contributed by atoms with Crippen LogP contribution in [-0.4, -0.2) is 40.3 Å². The molecule has 1 aliphatic heterocycles. The smallest absolute Gasteiger partial charge is 0.407 e. The van der Waals surface area contributed by atoms with Gasteiger partial charge in [-0.15, -0.1) is 0 Å². The van der Waals surface area contributed by atoms with Crippen molar-refractivity contribution in [1.82, 2.24) is 9.88 Å². The minimum absolute atomic E-state index is 0.0882. The molecule has 0 aliphatic carbocycles. The van der Waals surface area contributed by atoms with Crippen LogP contribution in [0.25, 0.3) is 0 Å². The van der Waals surface area contributed by atoms with Gasteiger partial charge in [0, 0.05) is 44.2 Å². The van der Waals surface area contributed by atoms with Gasteiger partial charge in [0.05, 0.1) is 0 Å². The minimum Gasteiger partial charge on any atom is -0.490 e. The van der Waals surface area contributed by atoms with Gasteiger partial charge < -0.3 is 14.7 Å². The molecule has 1 saturated heterocycles. The van der Waals surface area contributed by atoms with Crippen molar-refractivity contribution in [3.63, 3.8) is 0 Å². The lowest BCUT2D eigenvalue weighted by Gasteiger charge is -2.30. The molecule has 0 unspecified atom stereocenters. The molecular formula is C19H22N2O3. The highest BCUT2D eigenvalue weighted by Gasteiger charge is 2.23. The molecule has 3 rings (SSSR count). The summed E-state index contributed by atoms with van der Waals surface area (Å²) in [5, 5.41) is 8.96. The average Bonchev–Trinajstić information content (AvgIpc) is 2.59. The fourth-order valence-corrected chi connectivity index (χ4v) is 2.86. The summed E-state index contributed by atoms with van der Waals surface area (Å²) < 4.78 is 5.97. The van der Waals surface area contributed by atoms with Crippen molar-refractivity contribution in [2.75, 3.05) is 13.1 Å². The maximum atomic E-state index is 10.9. The quantitative estimate of drug-likeness (QED) is 0.934. The lowest BCUT2D eigenvalue weighted by atomic mass is 10.1. The van der Waals surface area contributed by atoms with Crippen LogP contribution in [-0.2, 0) is 6.42 Å². The van der Waals surface area contributed by atoms with Gasteiger partial charge in [-0.05, 0) is 36.2 Å². The number of amides is 1. The van der Waals surface area contributed by atoms with E-state index in [0.29, 0.717) is 13.1 Å². The number of rotatable bonds is 4. The molecule has 1 aromatic carbocycles. The Morgan fingerprint density at radius 3 is 2.50 bits per heavy atom. The molecule has 5 nitrogen and oxygen atoms in total. The molecule has 0 radical (unpaired) electrons. The van der Waals surface area contributed by atoms with Gasteiger partial charge in [-0.2, -0.15) is 0 Å². The molecule has 0 bridgehead atoms. The fourth-order valence-electron chi connectivity index (χ4n) is 2.86. The molecule has 0 atom stereocenters. The number of aryl methyl sites for hydroxylation is 1. The van der Waals surface area contributed by atoms with Gasteiger partial charge in [0.1, 0.15) is 11.9 Å². The standard InChI is InChI=1S/C19H22N2O3/c1-14-2-5-16(20-13-14)12-15-3-6-17(7-4-15)24-18-8-10-21(11-9-18)19(22)23/h2-7,13,18H,8-12H2,1H3,(H,22,23). The second-order valence-corrected chi connectivity index (χ2v) is 6.23. The summed E-state index contributed by atoms with van der Waals surface area (Å²) in [5.74, 6) is 0.837. The topological polar surface area (TPSA) is 62.7 Å². The van der Waals surface area contributed by atoms with Gasteiger partial charge in [0.2, 0.25) is 0 Å². The molecule has 2 aromatic rings. The summed E-state index contributed by atoms with van der Waals surface area (Å²) in [6.07, 6.45) is 3.41. The molecule has 1 amide bonds. The highest BCUT2D eigenvalue weighted by Crippen LogP contribution is 2.20. The zero-order chi connectivity index (χ0) is 16.9. The molecule has 2 heterocycles. The Hall–Kier alpha value is -2.56. The SMILES string of the molecule is Cc1ccc(Cc2ccc(OC3CCN(C(=O)O)CC3)cc2)nc1. The number of carbonyl (C=O) groups is 1. The molecule has 1 N–H and O–H groups in total. The maximum absolute atomic E-state index is 10.9. The van der Waals surface area contributed by atoms with Crippen molar-refractivity contribution in [3.05, 3.63) is 59.4 Å². The first-order valence-corrected chi connectivity index (χ1v) is 8.25. The van der Waals surface area contributed by atoms with Crippen LogP contribution in [0.1, 0.15) is 29.7 Å². The number of pyridine rings is 1. The number of piperidine rings is 1. The van der Waals surface area contributed by atoms with Crippen molar-refractivity contribution >= 4 is 6.09 Å². The first-order chi connectivity index (χ1) is 11.6. The highest BCUT2D eigenvalue weighted by atomic mass is 16.5. The fraction of sp³-hybridized carbons (Fsp3) is 0.368. The molecular weight excluding hydrogens is 304 g/mol. The number of aromatic nitrogens is 1. The van der Waals surface area contributed by atoms with Gasteiger partial charge in [-0.25, -0.2) is 4.79 Å². The summed E-state index contributed by atoms with van der Waals surface area (Å²) in [4.78, 5) is 16.8. The van der Waals surface area contributed by atoms with Crippen molar-refractivity contribution in [3.8, 4) is 5.75 Å². The molecule has 0 saturated carbocycles. The van der Waals surface area contributed by atoms with Gasteiger partial charge in [-0.3, -0.25) is 4.98 Å². The van der Waals surface area contributed by atoms with E-state index in [1.54, 1.807) is 0 Å². The van der Waals surface area contributed by atoms with E-state index in [0.717, 1.165) is 36.3 Å². The molecule has 126 valence electrons. The van der Waals surface area contributed by atoms with E-state index in [9.17, 15) is 4.79 Å². The van der Waals surface area contributed by atoms with Crippen molar-refractivity contribution in [2.45, 2.75) is 32.3 Å². The van der Waals surface area contributed by atoms with Crippen LogP contribution in [0.3, 0.4) is 0 Å². The van der Waals surface area contributed by atoms with Crippen LogP contribution >= 0.6 is 0 Å². The summed E-state index contributed by atoms with van der Waals surface area (Å²) in [5.41, 5.74) is 3.41. The summed E-state index contributed by atoms with van der Waals surface area (Å²) in [6, 6.07) is 12.2. The van der Waals surface area contributed by atoms with Crippen molar-refractivity contribution in [2.24, 2.45) is 0 Å². The van der Waals surface area contributed by atoms with Crippen molar-refractivity contribution in [1.29, 1.82) is 0 Å². The Morgan fingerprint density at radius 1 is 1.21 bits per heavy atom. The van der Waals surface area contributed by atoms with E-state index in [4.69, 9.17) is 9.84 Å². The van der Waals surface area contributed by atoms with Crippen LogP contribution in [0.15, 0.2) is 42.6 Å². The van der Waals surface area contributed by atoms with Gasteiger partial charge in [0.15, 0.2) is 0 Å². The minimum atomic E-state index is -0.845. The Morgan fingerprint density at radius 2 is 1.92 bits per heavy atom. The Kier molecular flexibility index (Phi) is 4.99. The normalized spacial score (nSPS) is 15.3. The summed E-state index contributed by atoms with van der Waals surface area (Å²) >= 11 is 0. The third-order valence-corrected chi connectivity index (χ3v) is 4.30. The number of nitrogens with zero attached hydrogens (tertiary/aromatic N) is 2. The maximum Gasteiger partial charge on any atom is 0.407 e. The van der Waals surface area contributed by atoms with Crippen LogP contribution in [0, 0.1) is 6.92 Å². The van der Waals surface area contributed by atoms with E-state index in [1.807, 2.05) is 25.3 Å². The monoisotopic (exact) mass is 326 g/mol. The Labute approximate surface area is 141 Å². The van der Waals surface area contributed by atoms with Crippen LogP contribution in [0.2, 0.25) is 0 Å². The average molecular weight is 326 g/mol. The number of hydrogen-bond donors (Lipinski definition) is 1. The molecule has 0 spiro atoms. The second kappa shape index (κ2) is 7.34. The highest BCUT2D eigenvalue weighted by molar-refractivity contribution is 5.65. The number of benzene rings is 1. The Bertz CT molecular complexity index is 675. The number of ether oxygens (including phenoxy) is 1. The molecule has 1 aliphatic rings. The predicted molar refractivity (Wildman–Crippen MR) is 91.5 cm³/mol. The zero-order valence-corrected chi connectivity index (χ0v) is 13.8. The first-order valence-electron chi connectivity index (χ1n) is 8.25. The van der Waals surface area contributed by atoms with Gasteiger partial charge in [0.25, 0.3) is 0 Å². The molecule has 24 heavy (non-hydrogen) atoms. The van der Waals surface area contributed by atoms with Crippen LogP contribution < -0.4 is 4.74 Å². The molecule has 5 heteroatoms. The lowest BCUT2D eigenvalue weighted by molar-refractivity contribution is 0.0894. The van der Waals surface area contributed by atoms with E-state index in [-0.39, 0.29) is 6.10 Å². The van der Waals surface area contributed by atoms with Gasteiger partial charge in [-0.1, -0.05) is 18.2 Å². The first kappa shape index (κ1) is 16.3. The van der Waals surface area contributed by atoms with E-state index in [1.165, 1.54) is 10.5 Å². The second-order valence-electron chi connectivity index (χ2n) is 6.23. The number of hydrogen-bond acceptors (Lipinski definition) is 3.